The number of rotatable bonds is 6. The van der Waals surface area contributed by atoms with Gasteiger partial charge in [-0.3, -0.25) is 0 Å². The largest absolute Gasteiger partial charge is 0.391 e. The van der Waals surface area contributed by atoms with Crippen molar-refractivity contribution < 1.29 is 14.6 Å². The number of benzene rings is 1. The van der Waals surface area contributed by atoms with Crippen molar-refractivity contribution >= 4 is 23.3 Å². The number of anilines is 1. The topological polar surface area (TPSA) is 70.6 Å². The summed E-state index contributed by atoms with van der Waals surface area (Å²) in [6, 6.07) is 4.99. The molecule has 106 valence electrons. The van der Waals surface area contributed by atoms with E-state index < -0.39 is 6.10 Å². The van der Waals surface area contributed by atoms with Gasteiger partial charge in [-0.1, -0.05) is 17.7 Å². The molecule has 19 heavy (non-hydrogen) atoms. The maximum absolute atomic E-state index is 11.6. The summed E-state index contributed by atoms with van der Waals surface area (Å²) in [7, 11) is 1.52. The third-order valence-corrected chi connectivity index (χ3v) is 3.05. The highest BCUT2D eigenvalue weighted by atomic mass is 35.5. The van der Waals surface area contributed by atoms with Crippen LogP contribution in [0.5, 0.6) is 0 Å². The Morgan fingerprint density at radius 2 is 2.26 bits per heavy atom. The number of hydrogen-bond acceptors (Lipinski definition) is 3. The van der Waals surface area contributed by atoms with Crippen LogP contribution in [0.25, 0.3) is 0 Å². The van der Waals surface area contributed by atoms with Crippen LogP contribution in [0.15, 0.2) is 18.2 Å². The second-order valence-corrected chi connectivity index (χ2v) is 4.60. The van der Waals surface area contributed by atoms with Crippen LogP contribution >= 0.6 is 11.6 Å². The predicted octanol–water partition coefficient (Wildman–Crippen LogP) is 2.17. The summed E-state index contributed by atoms with van der Waals surface area (Å²) in [5, 5.41) is 15.4. The van der Waals surface area contributed by atoms with Gasteiger partial charge < -0.3 is 20.5 Å². The molecule has 1 aromatic carbocycles. The van der Waals surface area contributed by atoms with Crippen molar-refractivity contribution in [2.75, 3.05) is 25.6 Å². The van der Waals surface area contributed by atoms with Crippen molar-refractivity contribution in [1.29, 1.82) is 0 Å². The maximum atomic E-state index is 11.6. The minimum Gasteiger partial charge on any atom is -0.391 e. The second-order valence-electron chi connectivity index (χ2n) is 4.19. The average Bonchev–Trinajstić information content (AvgIpc) is 2.35. The molecule has 0 aliphatic heterocycles. The Morgan fingerprint density at radius 3 is 2.95 bits per heavy atom. The molecular formula is C13H19ClN2O3. The molecule has 0 aliphatic carbocycles. The van der Waals surface area contributed by atoms with E-state index in [1.165, 1.54) is 7.11 Å². The molecule has 5 nitrogen and oxygen atoms in total. The van der Waals surface area contributed by atoms with E-state index in [1.807, 2.05) is 6.92 Å². The molecule has 1 atom stereocenters. The van der Waals surface area contributed by atoms with Crippen LogP contribution in [0.1, 0.15) is 12.0 Å². The van der Waals surface area contributed by atoms with E-state index in [9.17, 15) is 9.90 Å². The molecule has 0 radical (unpaired) electrons. The monoisotopic (exact) mass is 286 g/mol. The highest BCUT2D eigenvalue weighted by Crippen LogP contribution is 2.22. The van der Waals surface area contributed by atoms with Crippen molar-refractivity contribution in [2.24, 2.45) is 0 Å². The number of ether oxygens (including phenoxy) is 1. The number of urea groups is 1. The molecule has 1 aromatic rings. The van der Waals surface area contributed by atoms with E-state index in [0.29, 0.717) is 23.7 Å². The number of amides is 2. The summed E-state index contributed by atoms with van der Waals surface area (Å²) in [5.74, 6) is 0. The fourth-order valence-corrected chi connectivity index (χ4v) is 1.71. The van der Waals surface area contributed by atoms with E-state index in [-0.39, 0.29) is 12.6 Å². The molecule has 1 unspecified atom stereocenters. The summed E-state index contributed by atoms with van der Waals surface area (Å²) >= 11 is 5.96. The van der Waals surface area contributed by atoms with Crippen LogP contribution in [0.3, 0.4) is 0 Å². The van der Waals surface area contributed by atoms with Crippen molar-refractivity contribution in [3.05, 3.63) is 28.8 Å². The SMILES string of the molecule is COCC(O)CCNC(=O)Nc1cccc(Cl)c1C. The van der Waals surface area contributed by atoms with Crippen molar-refractivity contribution in [3.8, 4) is 0 Å². The minimum atomic E-state index is -0.571. The van der Waals surface area contributed by atoms with Gasteiger partial charge in [-0.25, -0.2) is 4.79 Å². The summed E-state index contributed by atoms with van der Waals surface area (Å²) in [6.45, 7) is 2.47. The van der Waals surface area contributed by atoms with Crippen LogP contribution in [-0.4, -0.2) is 37.5 Å². The Morgan fingerprint density at radius 1 is 1.53 bits per heavy atom. The van der Waals surface area contributed by atoms with Crippen molar-refractivity contribution in [2.45, 2.75) is 19.4 Å². The van der Waals surface area contributed by atoms with Gasteiger partial charge in [0.1, 0.15) is 0 Å². The lowest BCUT2D eigenvalue weighted by atomic mass is 10.2. The molecule has 1 rings (SSSR count). The fraction of sp³-hybridized carbons (Fsp3) is 0.462. The van der Waals surface area contributed by atoms with E-state index in [2.05, 4.69) is 10.6 Å². The minimum absolute atomic E-state index is 0.261. The average molecular weight is 287 g/mol. The molecule has 0 saturated heterocycles. The molecule has 2 amide bonds. The molecular weight excluding hydrogens is 268 g/mol. The molecule has 0 saturated carbocycles. The van der Waals surface area contributed by atoms with Crippen LogP contribution < -0.4 is 10.6 Å². The molecule has 0 aliphatic rings. The molecule has 0 aromatic heterocycles. The van der Waals surface area contributed by atoms with Gasteiger partial charge in [-0.15, -0.1) is 0 Å². The molecule has 0 fully saturated rings. The lowest BCUT2D eigenvalue weighted by Crippen LogP contribution is -2.32. The second kappa shape index (κ2) is 7.99. The maximum Gasteiger partial charge on any atom is 0.319 e. The number of aliphatic hydroxyl groups is 1. The van der Waals surface area contributed by atoms with Gasteiger partial charge in [-0.05, 0) is 31.0 Å². The third kappa shape index (κ3) is 5.46. The highest BCUT2D eigenvalue weighted by Gasteiger charge is 2.07. The van der Waals surface area contributed by atoms with Gasteiger partial charge in [0, 0.05) is 24.4 Å². The molecule has 0 spiro atoms. The summed E-state index contributed by atoms with van der Waals surface area (Å²) in [4.78, 5) is 11.6. The van der Waals surface area contributed by atoms with Crippen LogP contribution in [0, 0.1) is 6.92 Å². The van der Waals surface area contributed by atoms with Gasteiger partial charge in [0.15, 0.2) is 0 Å². The zero-order valence-electron chi connectivity index (χ0n) is 11.1. The molecule has 0 heterocycles. The number of methoxy groups -OCH3 is 1. The molecule has 3 N–H and O–H groups in total. The first-order chi connectivity index (χ1) is 9.04. The van der Waals surface area contributed by atoms with Gasteiger partial charge in [-0.2, -0.15) is 0 Å². The zero-order valence-corrected chi connectivity index (χ0v) is 11.8. The van der Waals surface area contributed by atoms with Crippen molar-refractivity contribution in [1.82, 2.24) is 5.32 Å². The number of hydrogen-bond donors (Lipinski definition) is 3. The summed E-state index contributed by atoms with van der Waals surface area (Å²) < 4.78 is 4.79. The third-order valence-electron chi connectivity index (χ3n) is 2.64. The fourth-order valence-electron chi connectivity index (χ4n) is 1.54. The van der Waals surface area contributed by atoms with E-state index >= 15 is 0 Å². The Hall–Kier alpha value is -1.30. The summed E-state index contributed by atoms with van der Waals surface area (Å²) in [5.41, 5.74) is 1.49. The number of carbonyl (C=O) groups is 1. The Bertz CT molecular complexity index is 426. The van der Waals surface area contributed by atoms with Gasteiger partial charge >= 0.3 is 6.03 Å². The number of nitrogens with one attached hydrogen (secondary N) is 2. The lowest BCUT2D eigenvalue weighted by molar-refractivity contribution is 0.0599. The quantitative estimate of drug-likeness (QED) is 0.750. The van der Waals surface area contributed by atoms with Crippen molar-refractivity contribution in [3.63, 3.8) is 0 Å². The van der Waals surface area contributed by atoms with Gasteiger partial charge in [0.25, 0.3) is 0 Å². The normalized spacial score (nSPS) is 12.0. The number of aliphatic hydroxyl groups excluding tert-OH is 1. The highest BCUT2D eigenvalue weighted by molar-refractivity contribution is 6.31. The standard InChI is InChI=1S/C13H19ClN2O3/c1-9-11(14)4-3-5-12(9)16-13(18)15-7-6-10(17)8-19-2/h3-5,10,17H,6-8H2,1-2H3,(H2,15,16,18). The first kappa shape index (κ1) is 15.8. The molecule has 0 bridgehead atoms. The summed E-state index contributed by atoms with van der Waals surface area (Å²) in [6.07, 6.45) is -0.131. The number of carbonyl (C=O) groups excluding carboxylic acids is 1. The first-order valence-electron chi connectivity index (χ1n) is 6.01. The Labute approximate surface area is 117 Å². The van der Waals surface area contributed by atoms with Crippen LogP contribution in [0.2, 0.25) is 5.02 Å². The Balaban J connectivity index is 2.37. The van der Waals surface area contributed by atoms with E-state index in [4.69, 9.17) is 16.3 Å². The first-order valence-corrected chi connectivity index (χ1v) is 6.39. The lowest BCUT2D eigenvalue weighted by Gasteiger charge is -2.12. The van der Waals surface area contributed by atoms with E-state index in [1.54, 1.807) is 18.2 Å². The number of halogens is 1. The Kier molecular flexibility index (Phi) is 6.62. The molecule has 6 heteroatoms. The van der Waals surface area contributed by atoms with Crippen LogP contribution in [0.4, 0.5) is 10.5 Å². The van der Waals surface area contributed by atoms with Gasteiger partial charge in [0.2, 0.25) is 0 Å². The van der Waals surface area contributed by atoms with E-state index in [0.717, 1.165) is 5.56 Å². The zero-order chi connectivity index (χ0) is 14.3. The van der Waals surface area contributed by atoms with Crippen LogP contribution in [-0.2, 0) is 4.74 Å². The smallest absolute Gasteiger partial charge is 0.319 e. The van der Waals surface area contributed by atoms with Gasteiger partial charge in [0.05, 0.1) is 12.7 Å². The predicted molar refractivity (Wildman–Crippen MR) is 75.7 cm³/mol.